The van der Waals surface area contributed by atoms with Crippen LogP contribution >= 0.6 is 0 Å². The number of hydrogen-bond donors (Lipinski definition) is 2. The number of rotatable bonds is 6. The number of nitrogens with zero attached hydrogens (tertiary/aromatic N) is 1. The minimum atomic E-state index is -1.07. The van der Waals surface area contributed by atoms with Crippen LogP contribution in [0.3, 0.4) is 0 Å². The van der Waals surface area contributed by atoms with Gasteiger partial charge in [0.05, 0.1) is 16.4 Å². The summed E-state index contributed by atoms with van der Waals surface area (Å²) in [6.07, 6.45) is 0. The predicted octanol–water partition coefficient (Wildman–Crippen LogP) is 3.02. The molecule has 3 N–H and O–H groups in total. The van der Waals surface area contributed by atoms with Crippen molar-refractivity contribution in [2.45, 2.75) is 6.54 Å². The molecule has 0 saturated carbocycles. The van der Waals surface area contributed by atoms with E-state index in [1.807, 2.05) is 48.5 Å². The largest absolute Gasteiger partial charge is 0.481 e. The molecule has 1 heterocycles. The molecule has 6 nitrogen and oxygen atoms in total. The molecule has 4 rings (SSSR count). The number of fused-ring (bicyclic) bond motifs is 3. The number of carbonyl (C=O) groups excluding carboxylic acids is 1. The first kappa shape index (κ1) is 20.9. The van der Waals surface area contributed by atoms with E-state index in [2.05, 4.69) is 4.57 Å². The van der Waals surface area contributed by atoms with Crippen LogP contribution in [0.4, 0.5) is 0 Å². The van der Waals surface area contributed by atoms with E-state index in [4.69, 9.17) is 15.6 Å². The van der Waals surface area contributed by atoms with Crippen molar-refractivity contribution < 1.29 is 19.4 Å². The van der Waals surface area contributed by atoms with E-state index in [-0.39, 0.29) is 29.6 Å². The van der Waals surface area contributed by atoms with Crippen molar-refractivity contribution in [3.63, 3.8) is 0 Å². The zero-order valence-electron chi connectivity index (χ0n) is 16.0. The van der Waals surface area contributed by atoms with Crippen LogP contribution in [0.5, 0.6) is 5.75 Å². The second kappa shape index (κ2) is 8.69. The summed E-state index contributed by atoms with van der Waals surface area (Å²) >= 11 is 0. The molecule has 0 aliphatic rings. The Kier molecular flexibility index (Phi) is 6.27. The zero-order chi connectivity index (χ0) is 19.7. The Hall–Kier alpha value is -2.80. The van der Waals surface area contributed by atoms with Crippen LogP contribution in [-0.4, -0.2) is 57.7 Å². The maximum atomic E-state index is 12.1. The smallest absolute Gasteiger partial charge is 0.341 e. The first-order valence-electron chi connectivity index (χ1n) is 8.78. The van der Waals surface area contributed by atoms with E-state index in [0.29, 0.717) is 28.6 Å². The Labute approximate surface area is 189 Å². The van der Waals surface area contributed by atoms with Gasteiger partial charge in [-0.15, -0.1) is 0 Å². The van der Waals surface area contributed by atoms with Crippen LogP contribution < -0.4 is 10.5 Å². The van der Waals surface area contributed by atoms with E-state index >= 15 is 0 Å². The molecule has 0 unspecified atom stereocenters. The topological polar surface area (TPSA) is 94.6 Å². The van der Waals surface area contributed by atoms with Crippen molar-refractivity contribution in [1.82, 2.24) is 4.57 Å². The number of aliphatic carboxylic acids is 1. The standard InChI is InChI=1S/C22H18N2O4.Na/c23-22(27)15-8-4-9-16-20(15)21-17(10-5-11-18(21)28-13-19(25)26)24(16)12-14-6-2-1-3-7-14;/h1-11H,12-13H2,(H2,23,27)(H,25,26);. The van der Waals surface area contributed by atoms with Crippen LogP contribution in [0, 0.1) is 0 Å². The van der Waals surface area contributed by atoms with Gasteiger partial charge in [0.2, 0.25) is 5.91 Å². The van der Waals surface area contributed by atoms with Crippen molar-refractivity contribution in [3.05, 3.63) is 77.9 Å². The first-order chi connectivity index (χ1) is 13.6. The number of carboxylic acid groups (broad SMARTS) is 1. The monoisotopic (exact) mass is 397 g/mol. The van der Waals surface area contributed by atoms with Crippen molar-refractivity contribution in [1.29, 1.82) is 0 Å². The normalized spacial score (nSPS) is 10.6. The van der Waals surface area contributed by atoms with Crippen molar-refractivity contribution in [2.24, 2.45) is 5.73 Å². The molecule has 29 heavy (non-hydrogen) atoms. The van der Waals surface area contributed by atoms with E-state index < -0.39 is 18.5 Å². The van der Waals surface area contributed by atoms with Crippen molar-refractivity contribution >= 4 is 63.2 Å². The number of primary amides is 1. The zero-order valence-corrected chi connectivity index (χ0v) is 18.0. The summed E-state index contributed by atoms with van der Waals surface area (Å²) in [6, 6.07) is 20.8. The molecule has 0 bridgehead atoms. The van der Waals surface area contributed by atoms with Gasteiger partial charge in [0.1, 0.15) is 5.75 Å². The fraction of sp³-hybridized carbons (Fsp3) is 0.0909. The van der Waals surface area contributed by atoms with Crippen LogP contribution in [-0.2, 0) is 11.3 Å². The molecule has 0 atom stereocenters. The maximum Gasteiger partial charge on any atom is 0.341 e. The Balaban J connectivity index is 0.00000240. The number of carbonyl (C=O) groups is 2. The summed E-state index contributed by atoms with van der Waals surface area (Å²) in [4.78, 5) is 23.1. The van der Waals surface area contributed by atoms with Crippen LogP contribution in [0.1, 0.15) is 15.9 Å². The van der Waals surface area contributed by atoms with Gasteiger partial charge in [0.15, 0.2) is 6.61 Å². The first-order valence-corrected chi connectivity index (χ1v) is 8.78. The average Bonchev–Trinajstić information content (AvgIpc) is 3.01. The molecule has 141 valence electrons. The second-order valence-electron chi connectivity index (χ2n) is 6.47. The van der Waals surface area contributed by atoms with E-state index in [1.165, 1.54) is 0 Å². The third-order valence-electron chi connectivity index (χ3n) is 4.68. The Morgan fingerprint density at radius 2 is 1.55 bits per heavy atom. The molecule has 0 spiro atoms. The number of nitrogens with two attached hydrogens (primary N) is 1. The molecular formula is C22H18N2NaO4. The SMILES string of the molecule is NC(=O)c1cccc2c1c1c(OCC(=O)O)cccc1n2Cc1ccccc1.[Na]. The third kappa shape index (κ3) is 4.00. The molecular weight excluding hydrogens is 379 g/mol. The summed E-state index contributed by atoms with van der Waals surface area (Å²) in [5.41, 5.74) is 8.77. The summed E-state index contributed by atoms with van der Waals surface area (Å²) in [6.45, 7) is 0.120. The Morgan fingerprint density at radius 3 is 2.21 bits per heavy atom. The molecule has 3 aromatic carbocycles. The van der Waals surface area contributed by atoms with Crippen LogP contribution in [0.25, 0.3) is 21.8 Å². The number of hydrogen-bond acceptors (Lipinski definition) is 3. The fourth-order valence-corrected chi connectivity index (χ4v) is 3.55. The molecule has 0 aliphatic heterocycles. The van der Waals surface area contributed by atoms with Gasteiger partial charge in [-0.05, 0) is 29.8 Å². The summed E-state index contributed by atoms with van der Waals surface area (Å²) in [7, 11) is 0. The van der Waals surface area contributed by atoms with Gasteiger partial charge in [0.25, 0.3) is 0 Å². The molecule has 0 aliphatic carbocycles. The van der Waals surface area contributed by atoms with Gasteiger partial charge in [-0.2, -0.15) is 0 Å². The van der Waals surface area contributed by atoms with Gasteiger partial charge in [-0.1, -0.05) is 42.5 Å². The van der Waals surface area contributed by atoms with Gasteiger partial charge < -0.3 is 20.1 Å². The van der Waals surface area contributed by atoms with Gasteiger partial charge >= 0.3 is 5.97 Å². The molecule has 7 heteroatoms. The predicted molar refractivity (Wildman–Crippen MR) is 112 cm³/mol. The fourth-order valence-electron chi connectivity index (χ4n) is 3.55. The number of amides is 1. The summed E-state index contributed by atoms with van der Waals surface area (Å²) in [5.74, 6) is -1.21. The van der Waals surface area contributed by atoms with Crippen molar-refractivity contribution in [3.8, 4) is 5.75 Å². The van der Waals surface area contributed by atoms with E-state index in [0.717, 1.165) is 16.6 Å². The molecule has 0 saturated heterocycles. The molecule has 4 aromatic rings. The molecule has 1 radical (unpaired) electrons. The van der Waals surface area contributed by atoms with Gasteiger partial charge in [0, 0.05) is 47.1 Å². The Bertz CT molecular complexity index is 1200. The van der Waals surface area contributed by atoms with E-state index in [1.54, 1.807) is 18.2 Å². The molecule has 1 aromatic heterocycles. The summed E-state index contributed by atoms with van der Waals surface area (Å²) in [5, 5.41) is 10.4. The molecule has 1 amide bonds. The maximum absolute atomic E-state index is 12.1. The summed E-state index contributed by atoms with van der Waals surface area (Å²) < 4.78 is 7.61. The van der Waals surface area contributed by atoms with Crippen LogP contribution in [0.2, 0.25) is 0 Å². The number of benzene rings is 3. The second-order valence-corrected chi connectivity index (χ2v) is 6.47. The van der Waals surface area contributed by atoms with Gasteiger partial charge in [-0.3, -0.25) is 4.79 Å². The van der Waals surface area contributed by atoms with E-state index in [9.17, 15) is 9.59 Å². The quantitative estimate of drug-likeness (QED) is 0.489. The molecule has 0 fully saturated rings. The van der Waals surface area contributed by atoms with Gasteiger partial charge in [-0.25, -0.2) is 4.79 Å². The van der Waals surface area contributed by atoms with Crippen molar-refractivity contribution in [2.75, 3.05) is 6.61 Å². The third-order valence-corrected chi connectivity index (χ3v) is 4.68. The number of ether oxygens (including phenoxy) is 1. The Morgan fingerprint density at radius 1 is 0.897 bits per heavy atom. The minimum absolute atomic E-state index is 0. The number of aromatic nitrogens is 1. The number of carboxylic acids is 1. The van der Waals surface area contributed by atoms with Crippen LogP contribution in [0.15, 0.2) is 66.7 Å². The minimum Gasteiger partial charge on any atom is -0.481 e. The average molecular weight is 397 g/mol.